The van der Waals surface area contributed by atoms with Gasteiger partial charge in [-0.1, -0.05) is 23.7 Å². The lowest BCUT2D eigenvalue weighted by atomic mass is 10.0. The predicted octanol–water partition coefficient (Wildman–Crippen LogP) is 2.89. The van der Waals surface area contributed by atoms with Gasteiger partial charge in [0.15, 0.2) is 0 Å². The van der Waals surface area contributed by atoms with Crippen LogP contribution in [0.3, 0.4) is 0 Å². The van der Waals surface area contributed by atoms with Crippen molar-refractivity contribution in [2.24, 2.45) is 7.05 Å². The second kappa shape index (κ2) is 4.67. The molecule has 1 heterocycles. The number of benzene rings is 1. The highest BCUT2D eigenvalue weighted by Crippen LogP contribution is 2.23. The molecule has 3 nitrogen and oxygen atoms in total. The summed E-state index contributed by atoms with van der Waals surface area (Å²) in [6, 6.07) is 10.9. The first-order valence-electron chi connectivity index (χ1n) is 5.41. The van der Waals surface area contributed by atoms with Gasteiger partial charge in [0.05, 0.1) is 0 Å². The van der Waals surface area contributed by atoms with Crippen LogP contribution in [0.1, 0.15) is 11.3 Å². The van der Waals surface area contributed by atoms with Gasteiger partial charge >= 0.3 is 0 Å². The summed E-state index contributed by atoms with van der Waals surface area (Å²) >= 11 is 5.83. The quantitative estimate of drug-likeness (QED) is 0.790. The van der Waals surface area contributed by atoms with Gasteiger partial charge in [0.25, 0.3) is 5.56 Å². The van der Waals surface area contributed by atoms with Gasteiger partial charge in [-0.15, -0.1) is 0 Å². The number of hydrogen-bond donors (Lipinski definition) is 0. The van der Waals surface area contributed by atoms with E-state index in [0.29, 0.717) is 10.6 Å². The lowest BCUT2D eigenvalue weighted by Gasteiger charge is -2.09. The van der Waals surface area contributed by atoms with E-state index in [-0.39, 0.29) is 11.1 Å². The molecule has 18 heavy (non-hydrogen) atoms. The van der Waals surface area contributed by atoms with Crippen LogP contribution in [0.25, 0.3) is 11.1 Å². The fourth-order valence-electron chi connectivity index (χ4n) is 1.79. The molecule has 0 N–H and O–H groups in total. The molecule has 0 aliphatic carbocycles. The lowest BCUT2D eigenvalue weighted by molar-refractivity contribution is 0.816. The maximum absolute atomic E-state index is 12.0. The highest BCUT2D eigenvalue weighted by atomic mass is 35.5. The normalized spacial score (nSPS) is 10.1. The van der Waals surface area contributed by atoms with Gasteiger partial charge < -0.3 is 4.57 Å². The number of hydrogen-bond acceptors (Lipinski definition) is 2. The van der Waals surface area contributed by atoms with E-state index < -0.39 is 0 Å². The van der Waals surface area contributed by atoms with Crippen molar-refractivity contribution in [3.63, 3.8) is 0 Å². The summed E-state index contributed by atoms with van der Waals surface area (Å²) in [6.07, 6.45) is 0. The van der Waals surface area contributed by atoms with Crippen LogP contribution in [-0.2, 0) is 7.05 Å². The fraction of sp³-hybridized carbons (Fsp3) is 0.143. The molecule has 1 aromatic heterocycles. The van der Waals surface area contributed by atoms with Gasteiger partial charge in [0.2, 0.25) is 0 Å². The van der Waals surface area contributed by atoms with Crippen molar-refractivity contribution in [1.82, 2.24) is 4.57 Å². The minimum absolute atomic E-state index is 0.158. The smallest absolute Gasteiger partial charge is 0.269 e. The first-order valence-corrected chi connectivity index (χ1v) is 5.79. The number of nitrogens with zero attached hydrogens (tertiary/aromatic N) is 2. The molecule has 4 heteroatoms. The van der Waals surface area contributed by atoms with Gasteiger partial charge in [-0.3, -0.25) is 4.79 Å². The van der Waals surface area contributed by atoms with Crippen LogP contribution in [0.5, 0.6) is 0 Å². The summed E-state index contributed by atoms with van der Waals surface area (Å²) < 4.78 is 1.47. The topological polar surface area (TPSA) is 45.8 Å². The zero-order valence-corrected chi connectivity index (χ0v) is 10.8. The van der Waals surface area contributed by atoms with Crippen LogP contribution in [0.15, 0.2) is 35.1 Å². The standard InChI is InChI=1S/C14H11ClN2O/c1-9-7-12(10-3-5-11(15)6-4-10)13(8-16)14(18)17(9)2/h3-7H,1-2H3. The van der Waals surface area contributed by atoms with E-state index in [1.807, 2.05) is 19.1 Å². The van der Waals surface area contributed by atoms with Crippen molar-refractivity contribution >= 4 is 11.6 Å². The Hall–Kier alpha value is -2.05. The zero-order valence-electron chi connectivity index (χ0n) is 10.1. The van der Waals surface area contributed by atoms with E-state index in [1.54, 1.807) is 31.3 Å². The number of aryl methyl sites for hydroxylation is 1. The Morgan fingerprint density at radius 2 is 1.89 bits per heavy atom. The van der Waals surface area contributed by atoms with E-state index >= 15 is 0 Å². The van der Waals surface area contributed by atoms with E-state index in [9.17, 15) is 4.79 Å². The van der Waals surface area contributed by atoms with Crippen molar-refractivity contribution < 1.29 is 0 Å². The maximum Gasteiger partial charge on any atom is 0.269 e. The summed E-state index contributed by atoms with van der Waals surface area (Å²) in [4.78, 5) is 12.0. The molecule has 0 amide bonds. The van der Waals surface area contributed by atoms with Crippen molar-refractivity contribution in [1.29, 1.82) is 5.26 Å². The maximum atomic E-state index is 12.0. The van der Waals surface area contributed by atoms with Crippen molar-refractivity contribution in [2.45, 2.75) is 6.92 Å². The van der Waals surface area contributed by atoms with Crippen LogP contribution < -0.4 is 5.56 Å². The van der Waals surface area contributed by atoms with E-state index in [0.717, 1.165) is 11.3 Å². The van der Waals surface area contributed by atoms with E-state index in [2.05, 4.69) is 0 Å². The third kappa shape index (κ3) is 2.03. The zero-order chi connectivity index (χ0) is 13.3. The third-order valence-electron chi connectivity index (χ3n) is 2.94. The Morgan fingerprint density at radius 1 is 1.28 bits per heavy atom. The summed E-state index contributed by atoms with van der Waals surface area (Å²) in [6.45, 7) is 1.84. The number of aromatic nitrogens is 1. The van der Waals surface area contributed by atoms with Crippen LogP contribution in [0, 0.1) is 18.3 Å². The molecule has 0 unspecified atom stereocenters. The molecule has 0 aliphatic heterocycles. The monoisotopic (exact) mass is 258 g/mol. The summed E-state index contributed by atoms with van der Waals surface area (Å²) in [5.41, 5.74) is 2.16. The Morgan fingerprint density at radius 3 is 2.44 bits per heavy atom. The summed E-state index contributed by atoms with van der Waals surface area (Å²) in [5, 5.41) is 9.76. The van der Waals surface area contributed by atoms with Crippen LogP contribution in [-0.4, -0.2) is 4.57 Å². The summed E-state index contributed by atoms with van der Waals surface area (Å²) in [5.74, 6) is 0. The predicted molar refractivity (Wildman–Crippen MR) is 71.6 cm³/mol. The lowest BCUT2D eigenvalue weighted by Crippen LogP contribution is -2.22. The molecule has 0 bridgehead atoms. The molecule has 90 valence electrons. The first-order chi connectivity index (χ1) is 8.54. The fourth-order valence-corrected chi connectivity index (χ4v) is 1.91. The second-order valence-corrected chi connectivity index (χ2v) is 4.49. The van der Waals surface area contributed by atoms with Gasteiger partial charge in [-0.25, -0.2) is 0 Å². The van der Waals surface area contributed by atoms with Crippen LogP contribution >= 0.6 is 11.6 Å². The Labute approximate surface area is 110 Å². The van der Waals surface area contributed by atoms with Crippen LogP contribution in [0.4, 0.5) is 0 Å². The Kier molecular flexibility index (Phi) is 3.22. The van der Waals surface area contributed by atoms with E-state index in [1.165, 1.54) is 4.57 Å². The number of halogens is 1. The molecule has 0 radical (unpaired) electrons. The third-order valence-corrected chi connectivity index (χ3v) is 3.19. The molecular weight excluding hydrogens is 248 g/mol. The molecule has 2 aromatic rings. The summed E-state index contributed by atoms with van der Waals surface area (Å²) in [7, 11) is 1.66. The minimum atomic E-state index is -0.276. The van der Waals surface area contributed by atoms with Gasteiger partial charge in [-0.2, -0.15) is 5.26 Å². The molecule has 0 saturated carbocycles. The Balaban J connectivity index is 2.76. The molecule has 0 spiro atoms. The van der Waals surface area contributed by atoms with Crippen molar-refractivity contribution in [3.05, 3.63) is 57.0 Å². The molecular formula is C14H11ClN2O. The average molecular weight is 259 g/mol. The average Bonchev–Trinajstić information content (AvgIpc) is 2.37. The number of nitriles is 1. The second-order valence-electron chi connectivity index (χ2n) is 4.06. The van der Waals surface area contributed by atoms with Crippen molar-refractivity contribution in [3.8, 4) is 17.2 Å². The van der Waals surface area contributed by atoms with Crippen molar-refractivity contribution in [2.75, 3.05) is 0 Å². The molecule has 0 fully saturated rings. The number of rotatable bonds is 1. The van der Waals surface area contributed by atoms with Gasteiger partial charge in [-0.05, 0) is 30.7 Å². The van der Waals surface area contributed by atoms with Gasteiger partial charge in [0.1, 0.15) is 11.6 Å². The largest absolute Gasteiger partial charge is 0.315 e. The highest BCUT2D eigenvalue weighted by molar-refractivity contribution is 6.30. The Bertz CT molecular complexity index is 693. The SMILES string of the molecule is Cc1cc(-c2ccc(Cl)cc2)c(C#N)c(=O)n1C. The highest BCUT2D eigenvalue weighted by Gasteiger charge is 2.12. The molecule has 0 atom stereocenters. The van der Waals surface area contributed by atoms with Gasteiger partial charge in [0, 0.05) is 23.3 Å². The van der Waals surface area contributed by atoms with Crippen LogP contribution in [0.2, 0.25) is 5.02 Å². The molecule has 1 aromatic carbocycles. The van der Waals surface area contributed by atoms with E-state index in [4.69, 9.17) is 16.9 Å². The molecule has 2 rings (SSSR count). The minimum Gasteiger partial charge on any atom is -0.315 e. The first kappa shape index (κ1) is 12.4. The number of pyridine rings is 1. The molecule has 0 saturated heterocycles. The molecule has 0 aliphatic rings.